The van der Waals surface area contributed by atoms with Crippen molar-refractivity contribution in [3.05, 3.63) is 64.7 Å². The number of nitrogens with two attached hydrogens (primary N) is 1. The van der Waals surface area contributed by atoms with E-state index >= 15 is 0 Å². The smallest absolute Gasteiger partial charge is 0.335 e. The summed E-state index contributed by atoms with van der Waals surface area (Å²) in [6.07, 6.45) is 2.82. The van der Waals surface area contributed by atoms with Gasteiger partial charge in [0.05, 0.1) is 17.0 Å². The maximum atomic E-state index is 12.4. The molecule has 0 bridgehead atoms. The molecular formula is C22H21N5O4S. The van der Waals surface area contributed by atoms with E-state index < -0.39 is 11.9 Å². The van der Waals surface area contributed by atoms with E-state index in [1.165, 1.54) is 17.8 Å². The summed E-state index contributed by atoms with van der Waals surface area (Å²) in [5, 5.41) is 21.6. The number of hydrogen-bond donors (Lipinski definition) is 2. The van der Waals surface area contributed by atoms with Gasteiger partial charge in [0, 0.05) is 12.0 Å². The number of ketones is 1. The summed E-state index contributed by atoms with van der Waals surface area (Å²) >= 11 is 1.24. The van der Waals surface area contributed by atoms with Crippen LogP contribution in [0.3, 0.4) is 0 Å². The van der Waals surface area contributed by atoms with Crippen LogP contribution in [0.1, 0.15) is 57.0 Å². The van der Waals surface area contributed by atoms with Crippen LogP contribution in [0.2, 0.25) is 0 Å². The summed E-state index contributed by atoms with van der Waals surface area (Å²) in [5.41, 5.74) is 8.46. The molecule has 0 aliphatic heterocycles. The monoisotopic (exact) mass is 451 g/mol. The fourth-order valence-corrected chi connectivity index (χ4v) is 4.19. The van der Waals surface area contributed by atoms with E-state index in [0.717, 1.165) is 29.7 Å². The summed E-state index contributed by atoms with van der Waals surface area (Å²) < 4.78 is 1.56. The van der Waals surface area contributed by atoms with Crippen molar-refractivity contribution in [3.63, 3.8) is 0 Å². The molecule has 4 rings (SSSR count). The van der Waals surface area contributed by atoms with Gasteiger partial charge in [-0.3, -0.25) is 9.59 Å². The molecule has 1 aliphatic rings. The van der Waals surface area contributed by atoms with E-state index in [9.17, 15) is 19.5 Å². The summed E-state index contributed by atoms with van der Waals surface area (Å²) in [6.45, 7) is 0. The van der Waals surface area contributed by atoms with Crippen LogP contribution in [0, 0.1) is 0 Å². The van der Waals surface area contributed by atoms with Crippen molar-refractivity contribution in [2.45, 2.75) is 36.8 Å². The van der Waals surface area contributed by atoms with E-state index in [1.807, 2.05) is 6.07 Å². The number of carbonyl (C=O) groups is 3. The van der Waals surface area contributed by atoms with Crippen LogP contribution in [-0.2, 0) is 11.2 Å². The molecule has 32 heavy (non-hydrogen) atoms. The second-order valence-corrected chi connectivity index (χ2v) is 8.56. The lowest BCUT2D eigenvalue weighted by Crippen LogP contribution is -2.11. The number of hydrogen-bond acceptors (Lipinski definition) is 7. The molecule has 9 nitrogen and oxygen atoms in total. The molecule has 0 saturated heterocycles. The third-order valence-corrected chi connectivity index (χ3v) is 6.21. The maximum absolute atomic E-state index is 12.4. The lowest BCUT2D eigenvalue weighted by atomic mass is 10.0. The number of benzene rings is 2. The standard InChI is InChI=1S/C22H21N5O4S/c23-20(29)15-3-1-2-13(10-15)4-8-17(28)12-32-22-24-25-26-27(22)19-9-7-16(21(30)31)11-18(19)14-5-6-14/h1-3,7,9-11,14H,4-6,8,12H2,(H2,23,29)(H,30,31). The number of aromatic carboxylic acids is 1. The van der Waals surface area contributed by atoms with E-state index in [0.29, 0.717) is 29.5 Å². The molecule has 1 aromatic heterocycles. The first kappa shape index (κ1) is 21.7. The zero-order chi connectivity index (χ0) is 22.7. The number of rotatable bonds is 10. The highest BCUT2D eigenvalue weighted by Crippen LogP contribution is 2.43. The minimum atomic E-state index is -0.975. The number of carbonyl (C=O) groups excluding carboxylic acids is 2. The number of tetrazole rings is 1. The third kappa shape index (κ3) is 5.02. The number of amides is 1. The van der Waals surface area contributed by atoms with Crippen LogP contribution in [0.25, 0.3) is 5.69 Å². The molecule has 1 saturated carbocycles. The highest BCUT2D eigenvalue weighted by atomic mass is 32.2. The fraction of sp³-hybridized carbons (Fsp3) is 0.273. The van der Waals surface area contributed by atoms with Crippen molar-refractivity contribution in [2.24, 2.45) is 5.73 Å². The number of carboxylic acids is 1. The van der Waals surface area contributed by atoms with Gasteiger partial charge in [0.15, 0.2) is 0 Å². The quantitative estimate of drug-likeness (QED) is 0.448. The molecule has 2 aromatic carbocycles. The van der Waals surface area contributed by atoms with Crippen LogP contribution in [0.4, 0.5) is 0 Å². The Morgan fingerprint density at radius 1 is 1.12 bits per heavy atom. The third-order valence-electron chi connectivity index (χ3n) is 5.23. The van der Waals surface area contributed by atoms with Gasteiger partial charge in [-0.15, -0.1) is 5.10 Å². The van der Waals surface area contributed by atoms with Crippen LogP contribution in [-0.4, -0.2) is 48.7 Å². The molecule has 10 heteroatoms. The molecule has 1 fully saturated rings. The Kier molecular flexibility index (Phi) is 6.31. The van der Waals surface area contributed by atoms with E-state index in [4.69, 9.17) is 5.73 Å². The van der Waals surface area contributed by atoms with Gasteiger partial charge >= 0.3 is 5.97 Å². The van der Waals surface area contributed by atoms with Gasteiger partial charge in [-0.05, 0) is 77.1 Å². The summed E-state index contributed by atoms with van der Waals surface area (Å²) in [6, 6.07) is 11.9. The zero-order valence-electron chi connectivity index (χ0n) is 17.1. The average Bonchev–Trinajstić information content (AvgIpc) is 3.53. The fourth-order valence-electron chi connectivity index (χ4n) is 3.40. The minimum Gasteiger partial charge on any atom is -0.478 e. The van der Waals surface area contributed by atoms with E-state index in [-0.39, 0.29) is 17.1 Å². The SMILES string of the molecule is NC(=O)c1cccc(CCC(=O)CSc2nnnn2-c2ccc(C(=O)O)cc2C2CC2)c1. The van der Waals surface area contributed by atoms with Crippen molar-refractivity contribution < 1.29 is 19.5 Å². The summed E-state index contributed by atoms with van der Waals surface area (Å²) in [4.78, 5) is 35.1. The van der Waals surface area contributed by atoms with Crippen molar-refractivity contribution in [3.8, 4) is 5.69 Å². The number of primary amides is 1. The van der Waals surface area contributed by atoms with Crippen LogP contribution in [0.5, 0.6) is 0 Å². The number of Topliss-reactive ketones (excluding diaryl/α,β-unsaturated/α-hetero) is 1. The number of carboxylic acid groups (broad SMARTS) is 1. The molecule has 164 valence electrons. The van der Waals surface area contributed by atoms with Crippen LogP contribution in [0.15, 0.2) is 47.6 Å². The molecule has 0 atom stereocenters. The van der Waals surface area contributed by atoms with Crippen molar-refractivity contribution in [2.75, 3.05) is 5.75 Å². The summed E-state index contributed by atoms with van der Waals surface area (Å²) in [7, 11) is 0. The number of aromatic nitrogens is 4. The summed E-state index contributed by atoms with van der Waals surface area (Å²) in [5.74, 6) is -0.956. The molecule has 1 amide bonds. The molecule has 3 aromatic rings. The van der Waals surface area contributed by atoms with Crippen LogP contribution < -0.4 is 5.73 Å². The van der Waals surface area contributed by atoms with E-state index in [1.54, 1.807) is 35.0 Å². The lowest BCUT2D eigenvalue weighted by Gasteiger charge is -2.11. The first-order chi connectivity index (χ1) is 15.4. The van der Waals surface area contributed by atoms with Crippen molar-refractivity contribution in [1.29, 1.82) is 0 Å². The molecule has 3 N–H and O–H groups in total. The first-order valence-electron chi connectivity index (χ1n) is 10.1. The predicted octanol–water partition coefficient (Wildman–Crippen LogP) is 2.63. The average molecular weight is 452 g/mol. The number of nitrogens with zero attached hydrogens (tertiary/aromatic N) is 4. The minimum absolute atomic E-state index is 0.0256. The Bertz CT molecular complexity index is 1190. The molecule has 0 spiro atoms. The number of thioether (sulfide) groups is 1. The normalized spacial score (nSPS) is 13.1. The molecule has 0 radical (unpaired) electrons. The predicted molar refractivity (Wildman–Crippen MR) is 117 cm³/mol. The Hall–Kier alpha value is -3.53. The first-order valence-corrected chi connectivity index (χ1v) is 11.1. The van der Waals surface area contributed by atoms with Gasteiger partial charge in [0.2, 0.25) is 11.1 Å². The van der Waals surface area contributed by atoms with Gasteiger partial charge in [0.1, 0.15) is 5.78 Å². The Morgan fingerprint density at radius 3 is 2.66 bits per heavy atom. The topological polar surface area (TPSA) is 141 Å². The molecule has 1 aliphatic carbocycles. The van der Waals surface area contributed by atoms with Crippen molar-refractivity contribution in [1.82, 2.24) is 20.2 Å². The van der Waals surface area contributed by atoms with Gasteiger partial charge in [-0.1, -0.05) is 23.9 Å². The van der Waals surface area contributed by atoms with Gasteiger partial charge in [0.25, 0.3) is 0 Å². The van der Waals surface area contributed by atoms with Gasteiger partial charge < -0.3 is 10.8 Å². The molecular weight excluding hydrogens is 430 g/mol. The highest BCUT2D eigenvalue weighted by Gasteiger charge is 2.29. The van der Waals surface area contributed by atoms with Crippen LogP contribution >= 0.6 is 11.8 Å². The zero-order valence-corrected chi connectivity index (χ0v) is 17.9. The largest absolute Gasteiger partial charge is 0.478 e. The van der Waals surface area contributed by atoms with E-state index in [2.05, 4.69) is 15.5 Å². The second kappa shape index (κ2) is 9.31. The second-order valence-electron chi connectivity index (χ2n) is 7.62. The Labute approximate surface area is 188 Å². The lowest BCUT2D eigenvalue weighted by molar-refractivity contribution is -0.116. The number of aryl methyl sites for hydroxylation is 1. The Balaban J connectivity index is 1.42. The van der Waals surface area contributed by atoms with Crippen molar-refractivity contribution >= 4 is 29.4 Å². The molecule has 0 unspecified atom stereocenters. The van der Waals surface area contributed by atoms with Gasteiger partial charge in [-0.25, -0.2) is 4.79 Å². The molecule has 1 heterocycles. The Morgan fingerprint density at radius 2 is 1.94 bits per heavy atom. The van der Waals surface area contributed by atoms with Gasteiger partial charge in [-0.2, -0.15) is 4.68 Å². The maximum Gasteiger partial charge on any atom is 0.335 e. The highest BCUT2D eigenvalue weighted by molar-refractivity contribution is 7.99.